The number of fused-ring (bicyclic) bond motifs is 1. The standard InChI is InChI=1S/C12H14BrN3O2/c13-10-7-14-11-5-6-12(15-16(10)11)18-9-3-1-8(17)2-4-9/h5-9,17H,1-4H2. The van der Waals surface area contributed by atoms with Crippen molar-refractivity contribution in [2.45, 2.75) is 37.9 Å². The number of ether oxygens (including phenoxy) is 1. The molecule has 1 aliphatic carbocycles. The fourth-order valence-electron chi connectivity index (χ4n) is 2.23. The predicted octanol–water partition coefficient (Wildman–Crippen LogP) is 2.17. The molecule has 0 aliphatic heterocycles. The maximum atomic E-state index is 9.45. The normalized spacial score (nSPS) is 24.3. The Morgan fingerprint density at radius 3 is 2.83 bits per heavy atom. The van der Waals surface area contributed by atoms with Gasteiger partial charge in [0.05, 0.1) is 12.3 Å². The molecule has 0 saturated heterocycles. The number of hydrogen-bond acceptors (Lipinski definition) is 4. The van der Waals surface area contributed by atoms with Gasteiger partial charge in [0.1, 0.15) is 10.7 Å². The Labute approximate surface area is 113 Å². The van der Waals surface area contributed by atoms with Crippen LogP contribution in [0.25, 0.3) is 5.65 Å². The predicted molar refractivity (Wildman–Crippen MR) is 69.6 cm³/mol. The lowest BCUT2D eigenvalue weighted by Crippen LogP contribution is -2.26. The molecule has 0 radical (unpaired) electrons. The van der Waals surface area contributed by atoms with Crippen molar-refractivity contribution in [2.75, 3.05) is 0 Å². The topological polar surface area (TPSA) is 59.7 Å². The first kappa shape index (κ1) is 11.9. The molecule has 96 valence electrons. The summed E-state index contributed by atoms with van der Waals surface area (Å²) in [6, 6.07) is 3.71. The van der Waals surface area contributed by atoms with Crippen molar-refractivity contribution < 1.29 is 9.84 Å². The Hall–Kier alpha value is -1.14. The van der Waals surface area contributed by atoms with E-state index in [4.69, 9.17) is 4.74 Å². The number of halogens is 1. The first-order chi connectivity index (χ1) is 8.72. The zero-order chi connectivity index (χ0) is 12.5. The highest BCUT2D eigenvalue weighted by Crippen LogP contribution is 2.23. The van der Waals surface area contributed by atoms with Crippen LogP contribution in [0.15, 0.2) is 22.9 Å². The van der Waals surface area contributed by atoms with Gasteiger partial charge < -0.3 is 9.84 Å². The highest BCUT2D eigenvalue weighted by molar-refractivity contribution is 9.10. The van der Waals surface area contributed by atoms with Gasteiger partial charge in [-0.25, -0.2) is 9.50 Å². The lowest BCUT2D eigenvalue weighted by molar-refractivity contribution is 0.0637. The second-order valence-electron chi connectivity index (χ2n) is 4.57. The van der Waals surface area contributed by atoms with Crippen molar-refractivity contribution in [3.63, 3.8) is 0 Å². The first-order valence-corrected chi connectivity index (χ1v) is 6.86. The summed E-state index contributed by atoms with van der Waals surface area (Å²) in [6.07, 6.45) is 5.08. The molecule has 1 fully saturated rings. The van der Waals surface area contributed by atoms with Gasteiger partial charge in [-0.05, 0) is 47.7 Å². The summed E-state index contributed by atoms with van der Waals surface area (Å²) < 4.78 is 8.35. The van der Waals surface area contributed by atoms with Gasteiger partial charge in [0.2, 0.25) is 5.88 Å². The average molecular weight is 312 g/mol. The van der Waals surface area contributed by atoms with Gasteiger partial charge >= 0.3 is 0 Å². The molecule has 2 heterocycles. The van der Waals surface area contributed by atoms with Crippen LogP contribution in [0.4, 0.5) is 0 Å². The van der Waals surface area contributed by atoms with E-state index in [1.165, 1.54) is 0 Å². The third-order valence-electron chi connectivity index (χ3n) is 3.23. The van der Waals surface area contributed by atoms with Gasteiger partial charge in [0, 0.05) is 6.07 Å². The van der Waals surface area contributed by atoms with Crippen molar-refractivity contribution in [3.8, 4) is 5.88 Å². The molecule has 0 spiro atoms. The zero-order valence-corrected chi connectivity index (χ0v) is 11.4. The second kappa shape index (κ2) is 4.85. The maximum Gasteiger partial charge on any atom is 0.232 e. The molecule has 0 bridgehead atoms. The monoisotopic (exact) mass is 311 g/mol. The van der Waals surface area contributed by atoms with Gasteiger partial charge in [0.25, 0.3) is 0 Å². The number of nitrogens with zero attached hydrogens (tertiary/aromatic N) is 3. The van der Waals surface area contributed by atoms with E-state index in [0.717, 1.165) is 35.9 Å². The summed E-state index contributed by atoms with van der Waals surface area (Å²) >= 11 is 3.38. The van der Waals surface area contributed by atoms with E-state index in [1.54, 1.807) is 10.7 Å². The van der Waals surface area contributed by atoms with Gasteiger partial charge in [-0.2, -0.15) is 0 Å². The van der Waals surface area contributed by atoms with Crippen molar-refractivity contribution in [1.29, 1.82) is 0 Å². The highest BCUT2D eigenvalue weighted by Gasteiger charge is 2.21. The van der Waals surface area contributed by atoms with E-state index < -0.39 is 0 Å². The molecule has 6 heteroatoms. The molecule has 3 rings (SSSR count). The molecule has 1 aliphatic rings. The lowest BCUT2D eigenvalue weighted by atomic mass is 9.95. The van der Waals surface area contributed by atoms with Crippen LogP contribution in [-0.2, 0) is 0 Å². The number of aliphatic hydroxyl groups excluding tert-OH is 1. The van der Waals surface area contributed by atoms with Crippen molar-refractivity contribution >= 4 is 21.6 Å². The molecule has 0 amide bonds. The Balaban J connectivity index is 1.76. The SMILES string of the molecule is OC1CCC(Oc2ccc3ncc(Br)n3n2)CC1. The summed E-state index contributed by atoms with van der Waals surface area (Å²) in [7, 11) is 0. The quantitative estimate of drug-likeness (QED) is 0.923. The third-order valence-corrected chi connectivity index (χ3v) is 3.77. The fourth-order valence-corrected chi connectivity index (χ4v) is 2.59. The van der Waals surface area contributed by atoms with E-state index in [-0.39, 0.29) is 12.2 Å². The molecule has 18 heavy (non-hydrogen) atoms. The van der Waals surface area contributed by atoms with E-state index >= 15 is 0 Å². The smallest absolute Gasteiger partial charge is 0.232 e. The fraction of sp³-hybridized carbons (Fsp3) is 0.500. The van der Waals surface area contributed by atoms with Gasteiger partial charge in [-0.1, -0.05) is 0 Å². The minimum Gasteiger partial charge on any atom is -0.473 e. The Morgan fingerprint density at radius 2 is 2.06 bits per heavy atom. The first-order valence-electron chi connectivity index (χ1n) is 6.07. The maximum absolute atomic E-state index is 9.45. The van der Waals surface area contributed by atoms with Crippen molar-refractivity contribution in [1.82, 2.24) is 14.6 Å². The van der Waals surface area contributed by atoms with Crippen LogP contribution >= 0.6 is 15.9 Å². The number of hydrogen-bond donors (Lipinski definition) is 1. The average Bonchev–Trinajstić information content (AvgIpc) is 2.74. The summed E-state index contributed by atoms with van der Waals surface area (Å²) in [5.41, 5.74) is 0.785. The number of imidazole rings is 1. The van der Waals surface area contributed by atoms with Crippen LogP contribution < -0.4 is 4.74 Å². The molecule has 1 N–H and O–H groups in total. The molecule has 2 aromatic heterocycles. The van der Waals surface area contributed by atoms with Crippen LogP contribution in [0.1, 0.15) is 25.7 Å². The molecular weight excluding hydrogens is 298 g/mol. The largest absolute Gasteiger partial charge is 0.473 e. The van der Waals surface area contributed by atoms with Gasteiger partial charge in [-0.15, -0.1) is 5.10 Å². The molecule has 5 nitrogen and oxygen atoms in total. The van der Waals surface area contributed by atoms with Crippen molar-refractivity contribution in [2.24, 2.45) is 0 Å². The third kappa shape index (κ3) is 2.35. The molecule has 0 unspecified atom stereocenters. The van der Waals surface area contributed by atoms with E-state index in [9.17, 15) is 5.11 Å². The number of rotatable bonds is 2. The molecule has 0 aromatic carbocycles. The second-order valence-corrected chi connectivity index (χ2v) is 5.38. The molecule has 2 aromatic rings. The van der Waals surface area contributed by atoms with Crippen LogP contribution in [0.3, 0.4) is 0 Å². The molecular formula is C12H14BrN3O2. The summed E-state index contributed by atoms with van der Waals surface area (Å²) in [5.74, 6) is 0.600. The number of aliphatic hydroxyl groups is 1. The van der Waals surface area contributed by atoms with Crippen molar-refractivity contribution in [3.05, 3.63) is 22.9 Å². The Kier molecular flexibility index (Phi) is 3.22. The minimum absolute atomic E-state index is 0.153. The van der Waals surface area contributed by atoms with Gasteiger partial charge in [0.15, 0.2) is 5.65 Å². The number of aromatic nitrogens is 3. The summed E-state index contributed by atoms with van der Waals surface area (Å²) in [5, 5.41) is 13.8. The highest BCUT2D eigenvalue weighted by atomic mass is 79.9. The minimum atomic E-state index is -0.164. The van der Waals surface area contributed by atoms with Crippen LogP contribution in [0.2, 0.25) is 0 Å². The van der Waals surface area contributed by atoms with Crippen LogP contribution in [-0.4, -0.2) is 31.9 Å². The summed E-state index contributed by atoms with van der Waals surface area (Å²) in [6.45, 7) is 0. The van der Waals surface area contributed by atoms with E-state index in [1.807, 2.05) is 12.1 Å². The zero-order valence-electron chi connectivity index (χ0n) is 9.79. The van der Waals surface area contributed by atoms with E-state index in [2.05, 4.69) is 26.0 Å². The molecule has 1 saturated carbocycles. The Bertz CT molecular complexity index is 549. The van der Waals surface area contributed by atoms with Gasteiger partial charge in [-0.3, -0.25) is 0 Å². The summed E-state index contributed by atoms with van der Waals surface area (Å²) in [4.78, 5) is 4.18. The molecule has 0 atom stereocenters. The van der Waals surface area contributed by atoms with Crippen LogP contribution in [0.5, 0.6) is 5.88 Å². The Morgan fingerprint density at radius 1 is 1.28 bits per heavy atom. The van der Waals surface area contributed by atoms with E-state index in [0.29, 0.717) is 5.88 Å². The lowest BCUT2D eigenvalue weighted by Gasteiger charge is -2.25. The van der Waals surface area contributed by atoms with Crippen LogP contribution in [0, 0.1) is 0 Å².